The predicted molar refractivity (Wildman–Crippen MR) is 83.7 cm³/mol. The molecule has 0 saturated heterocycles. The first-order valence-corrected chi connectivity index (χ1v) is 9.20. The van der Waals surface area contributed by atoms with Crippen molar-refractivity contribution >= 4 is 21.4 Å². The second-order valence-electron chi connectivity index (χ2n) is 5.38. The van der Waals surface area contributed by atoms with Gasteiger partial charge in [0.25, 0.3) is 0 Å². The molecule has 0 aliphatic rings. The second kappa shape index (κ2) is 6.62. The summed E-state index contributed by atoms with van der Waals surface area (Å²) in [5.41, 5.74) is -0.880. The van der Waals surface area contributed by atoms with E-state index in [1.165, 1.54) is 11.3 Å². The summed E-state index contributed by atoms with van der Waals surface area (Å²) in [6.07, 6.45) is -4.49. The lowest BCUT2D eigenvalue weighted by Crippen LogP contribution is -2.31. The number of hydrogen-bond acceptors (Lipinski definition) is 3. The summed E-state index contributed by atoms with van der Waals surface area (Å²) in [5.74, 6) is -0.00197. The average molecular weight is 363 g/mol. The average Bonchev–Trinajstić information content (AvgIpc) is 2.97. The zero-order chi connectivity index (χ0) is 17.3. The van der Waals surface area contributed by atoms with Crippen molar-refractivity contribution in [2.75, 3.05) is 0 Å². The van der Waals surface area contributed by atoms with Crippen LogP contribution in [0.15, 0.2) is 46.7 Å². The molecule has 1 aromatic carbocycles. The molecule has 1 heterocycles. The van der Waals surface area contributed by atoms with Gasteiger partial charge in [0, 0.05) is 4.88 Å². The molecule has 0 fully saturated rings. The molecular formula is C15H16F3NO2S2. The van der Waals surface area contributed by atoms with Crippen molar-refractivity contribution in [3.63, 3.8) is 0 Å². The number of benzene rings is 1. The summed E-state index contributed by atoms with van der Waals surface area (Å²) in [5, 5.41) is 1.84. The van der Waals surface area contributed by atoms with Crippen molar-refractivity contribution < 1.29 is 21.6 Å². The number of thiophene rings is 1. The Hall–Kier alpha value is -1.38. The third-order valence-corrected chi connectivity index (χ3v) is 5.70. The van der Waals surface area contributed by atoms with Crippen LogP contribution in [0.25, 0.3) is 0 Å². The Balaban J connectivity index is 2.27. The van der Waals surface area contributed by atoms with E-state index in [-0.39, 0.29) is 10.8 Å². The lowest BCUT2D eigenvalue weighted by molar-refractivity contribution is -0.137. The quantitative estimate of drug-likeness (QED) is 0.853. The molecule has 1 atom stereocenters. The molecule has 2 aromatic rings. The maximum atomic E-state index is 12.6. The highest BCUT2D eigenvalue weighted by molar-refractivity contribution is 7.89. The maximum absolute atomic E-state index is 12.6. The number of hydrogen-bond donors (Lipinski definition) is 1. The molecule has 0 aliphatic carbocycles. The normalized spacial score (nSPS) is 14.2. The monoisotopic (exact) mass is 363 g/mol. The lowest BCUT2D eigenvalue weighted by Gasteiger charge is -2.21. The van der Waals surface area contributed by atoms with Gasteiger partial charge in [-0.3, -0.25) is 0 Å². The van der Waals surface area contributed by atoms with Crippen LogP contribution in [0.4, 0.5) is 13.2 Å². The van der Waals surface area contributed by atoms with E-state index in [1.54, 1.807) is 0 Å². The van der Waals surface area contributed by atoms with E-state index in [2.05, 4.69) is 4.72 Å². The summed E-state index contributed by atoms with van der Waals surface area (Å²) in [4.78, 5) is 0.670. The molecule has 1 aromatic heterocycles. The predicted octanol–water partition coefficient (Wildman–Crippen LogP) is 4.44. The number of rotatable bonds is 5. The minimum Gasteiger partial charge on any atom is -0.207 e. The number of nitrogens with one attached hydrogen (secondary N) is 1. The molecule has 0 bridgehead atoms. The van der Waals surface area contributed by atoms with Crippen LogP contribution in [0.1, 0.15) is 30.3 Å². The van der Waals surface area contributed by atoms with E-state index >= 15 is 0 Å². The fraction of sp³-hybridized carbons (Fsp3) is 0.333. The van der Waals surface area contributed by atoms with Gasteiger partial charge in [-0.15, -0.1) is 11.3 Å². The van der Waals surface area contributed by atoms with E-state index in [4.69, 9.17) is 0 Å². The van der Waals surface area contributed by atoms with E-state index in [0.717, 1.165) is 29.1 Å². The van der Waals surface area contributed by atoms with Gasteiger partial charge in [0.2, 0.25) is 10.0 Å². The highest BCUT2D eigenvalue weighted by atomic mass is 32.2. The molecule has 1 N–H and O–H groups in total. The lowest BCUT2D eigenvalue weighted by atomic mass is 10.0. The van der Waals surface area contributed by atoms with Gasteiger partial charge in [-0.25, -0.2) is 13.1 Å². The molecule has 8 heteroatoms. The van der Waals surface area contributed by atoms with E-state index in [9.17, 15) is 21.6 Å². The molecule has 0 saturated carbocycles. The molecule has 3 nitrogen and oxygen atoms in total. The Labute approximate surface area is 137 Å². The van der Waals surface area contributed by atoms with Gasteiger partial charge in [0.15, 0.2) is 0 Å². The molecule has 2 rings (SSSR count). The summed E-state index contributed by atoms with van der Waals surface area (Å²) in [7, 11) is -3.90. The molecular weight excluding hydrogens is 347 g/mol. The Morgan fingerprint density at radius 2 is 1.70 bits per heavy atom. The fourth-order valence-corrected chi connectivity index (χ4v) is 4.44. The van der Waals surface area contributed by atoms with Gasteiger partial charge >= 0.3 is 6.18 Å². The van der Waals surface area contributed by atoms with E-state index in [0.29, 0.717) is 0 Å². The zero-order valence-electron chi connectivity index (χ0n) is 12.5. The number of halogens is 3. The fourth-order valence-electron chi connectivity index (χ4n) is 2.05. The minimum atomic E-state index is -4.49. The van der Waals surface area contributed by atoms with Crippen LogP contribution in [0.2, 0.25) is 0 Å². The first-order valence-electron chi connectivity index (χ1n) is 6.84. The first-order chi connectivity index (χ1) is 10.6. The molecule has 1 unspecified atom stereocenters. The first kappa shape index (κ1) is 18.0. The van der Waals surface area contributed by atoms with Crippen molar-refractivity contribution in [3.8, 4) is 0 Å². The topological polar surface area (TPSA) is 46.2 Å². The molecule has 0 radical (unpaired) electrons. The number of sulfonamides is 1. The maximum Gasteiger partial charge on any atom is 0.416 e. The van der Waals surface area contributed by atoms with Crippen molar-refractivity contribution in [1.29, 1.82) is 0 Å². The highest BCUT2D eigenvalue weighted by Gasteiger charge is 2.31. The SMILES string of the molecule is CC(C)C(NS(=O)(=O)c1ccc(C(F)(F)F)cc1)c1cccs1. The van der Waals surface area contributed by atoms with Crippen LogP contribution in [0.5, 0.6) is 0 Å². The highest BCUT2D eigenvalue weighted by Crippen LogP contribution is 2.31. The van der Waals surface area contributed by atoms with Crippen LogP contribution in [-0.4, -0.2) is 8.42 Å². The van der Waals surface area contributed by atoms with Crippen molar-refractivity contribution in [2.24, 2.45) is 5.92 Å². The third kappa shape index (κ3) is 4.33. The standard InChI is InChI=1S/C15H16F3NO2S2/c1-10(2)14(13-4-3-9-22-13)19-23(20,21)12-7-5-11(6-8-12)15(16,17)18/h3-10,14,19H,1-2H3. The smallest absolute Gasteiger partial charge is 0.207 e. The Morgan fingerprint density at radius 1 is 1.09 bits per heavy atom. The molecule has 23 heavy (non-hydrogen) atoms. The summed E-state index contributed by atoms with van der Waals surface area (Å²) in [6.45, 7) is 3.75. The third-order valence-electron chi connectivity index (χ3n) is 3.29. The minimum absolute atomic E-state index is 0.00197. The Morgan fingerprint density at radius 3 is 2.13 bits per heavy atom. The van der Waals surface area contributed by atoms with E-state index < -0.39 is 27.8 Å². The van der Waals surface area contributed by atoms with Crippen molar-refractivity contribution in [2.45, 2.75) is 31.0 Å². The largest absolute Gasteiger partial charge is 0.416 e. The van der Waals surface area contributed by atoms with Gasteiger partial charge in [0.05, 0.1) is 16.5 Å². The van der Waals surface area contributed by atoms with Gasteiger partial charge in [0.1, 0.15) is 0 Å². The van der Waals surface area contributed by atoms with Gasteiger partial charge in [-0.2, -0.15) is 13.2 Å². The Kier molecular flexibility index (Phi) is 5.17. The second-order valence-corrected chi connectivity index (χ2v) is 8.07. The summed E-state index contributed by atoms with van der Waals surface area (Å²) >= 11 is 1.43. The van der Waals surface area contributed by atoms with Crippen LogP contribution in [0, 0.1) is 5.92 Å². The molecule has 0 amide bonds. The molecule has 0 spiro atoms. The number of alkyl halides is 3. The summed E-state index contributed by atoms with van der Waals surface area (Å²) in [6, 6.07) is 6.69. The Bertz CT molecular complexity index is 736. The van der Waals surface area contributed by atoms with Crippen molar-refractivity contribution in [1.82, 2.24) is 4.72 Å². The summed E-state index contributed by atoms with van der Waals surface area (Å²) < 4.78 is 65.1. The zero-order valence-corrected chi connectivity index (χ0v) is 14.1. The van der Waals surface area contributed by atoms with Crippen LogP contribution < -0.4 is 4.72 Å². The van der Waals surface area contributed by atoms with Crippen molar-refractivity contribution in [3.05, 3.63) is 52.2 Å². The van der Waals surface area contributed by atoms with Gasteiger partial charge in [-0.05, 0) is 41.6 Å². The van der Waals surface area contributed by atoms with Crippen LogP contribution >= 0.6 is 11.3 Å². The molecule has 0 aliphatic heterocycles. The van der Waals surface area contributed by atoms with Gasteiger partial charge in [-0.1, -0.05) is 19.9 Å². The molecule has 126 valence electrons. The van der Waals surface area contributed by atoms with Crippen LogP contribution in [-0.2, 0) is 16.2 Å². The van der Waals surface area contributed by atoms with Crippen LogP contribution in [0.3, 0.4) is 0 Å². The van der Waals surface area contributed by atoms with Gasteiger partial charge < -0.3 is 0 Å². The van der Waals surface area contributed by atoms with E-state index in [1.807, 2.05) is 31.4 Å².